The summed E-state index contributed by atoms with van der Waals surface area (Å²) in [5.41, 5.74) is 3.60. The van der Waals surface area contributed by atoms with E-state index in [0.29, 0.717) is 25.1 Å². The van der Waals surface area contributed by atoms with E-state index in [0.717, 1.165) is 22.1 Å². The molecule has 2 saturated heterocycles. The summed E-state index contributed by atoms with van der Waals surface area (Å²) in [5.74, 6) is -2.22. The Bertz CT molecular complexity index is 1920. The molecular weight excluding hydrogens is 679 g/mol. The van der Waals surface area contributed by atoms with Crippen LogP contribution in [0.15, 0.2) is 91.0 Å². The molecule has 5 atom stereocenters. The third kappa shape index (κ3) is 8.46. The van der Waals surface area contributed by atoms with Crippen molar-refractivity contribution in [3.63, 3.8) is 0 Å². The summed E-state index contributed by atoms with van der Waals surface area (Å²) in [7, 11) is 0. The highest BCUT2D eigenvalue weighted by atomic mass is 32.2. The molecule has 6 rings (SSSR count). The molecule has 0 spiro atoms. The highest BCUT2D eigenvalue weighted by molar-refractivity contribution is 8.00. The van der Waals surface area contributed by atoms with E-state index < -0.39 is 46.7 Å². The van der Waals surface area contributed by atoms with Crippen LogP contribution >= 0.6 is 11.8 Å². The Kier molecular flexibility index (Phi) is 11.6. The molecule has 4 aromatic rings. The molecule has 4 N–H and O–H groups in total. The van der Waals surface area contributed by atoms with E-state index in [-0.39, 0.29) is 36.4 Å². The van der Waals surface area contributed by atoms with E-state index in [9.17, 15) is 24.3 Å². The Morgan fingerprint density at radius 3 is 2.44 bits per heavy atom. The Hall–Kier alpha value is -4.78. The van der Waals surface area contributed by atoms with Crippen LogP contribution < -0.4 is 16.0 Å². The number of hydrogen-bond acceptors (Lipinski definition) is 8. The normalized spacial score (nSPS) is 19.8. The van der Waals surface area contributed by atoms with Gasteiger partial charge in [-0.2, -0.15) is 0 Å². The highest BCUT2D eigenvalue weighted by Gasteiger charge is 2.50. The van der Waals surface area contributed by atoms with Gasteiger partial charge in [-0.1, -0.05) is 78.9 Å². The average molecular weight is 724 g/mol. The molecule has 2 aliphatic rings. The molecule has 0 bridgehead atoms. The number of aliphatic hydroxyl groups is 1. The van der Waals surface area contributed by atoms with Crippen LogP contribution in [0.3, 0.4) is 0 Å². The molecule has 3 aromatic carbocycles. The van der Waals surface area contributed by atoms with Crippen LogP contribution in [-0.2, 0) is 32.1 Å². The molecule has 0 saturated carbocycles. The highest BCUT2D eigenvalue weighted by Crippen LogP contribution is 2.40. The molecule has 1 aromatic heterocycles. The lowest BCUT2D eigenvalue weighted by molar-refractivity contribution is -0.148. The predicted molar refractivity (Wildman–Crippen MR) is 200 cm³/mol. The maximum Gasteiger partial charge on any atom is 0.270 e. The van der Waals surface area contributed by atoms with Gasteiger partial charge >= 0.3 is 0 Å². The zero-order valence-corrected chi connectivity index (χ0v) is 30.4. The first-order valence-electron chi connectivity index (χ1n) is 17.6. The van der Waals surface area contributed by atoms with Crippen molar-refractivity contribution in [2.24, 2.45) is 5.92 Å². The van der Waals surface area contributed by atoms with Crippen LogP contribution in [0, 0.1) is 12.8 Å². The minimum atomic E-state index is -1.69. The maximum atomic E-state index is 14.2. The fourth-order valence-corrected chi connectivity index (χ4v) is 7.99. The SMILES string of the molecule is Cc1ccccc1CNC(=O)[C@H]1N(C(=O)[C@@H](O)[C@H](Cc2ccccc2)NC(=O)[C@@H](NC(=O)c2ccc3ccccc3n2)[C@@H]2CCOC2)CSC1(C)C. The lowest BCUT2D eigenvalue weighted by Gasteiger charge is -2.34. The molecule has 272 valence electrons. The number of pyridine rings is 1. The number of benzene rings is 3. The van der Waals surface area contributed by atoms with Gasteiger partial charge in [-0.15, -0.1) is 11.8 Å². The third-order valence-corrected chi connectivity index (χ3v) is 11.3. The predicted octanol–water partition coefficient (Wildman–Crippen LogP) is 3.76. The number of hydrogen-bond donors (Lipinski definition) is 4. The first-order valence-corrected chi connectivity index (χ1v) is 18.5. The minimum absolute atomic E-state index is 0.127. The summed E-state index contributed by atoms with van der Waals surface area (Å²) >= 11 is 1.45. The number of fused-ring (bicyclic) bond motifs is 1. The number of thioether (sulfide) groups is 1. The largest absolute Gasteiger partial charge is 0.381 e. The fourth-order valence-electron chi connectivity index (χ4n) is 6.85. The molecule has 0 unspecified atom stereocenters. The van der Waals surface area contributed by atoms with Crippen LogP contribution in [0.25, 0.3) is 10.9 Å². The van der Waals surface area contributed by atoms with Gasteiger partial charge in [-0.3, -0.25) is 19.2 Å². The van der Waals surface area contributed by atoms with Crippen molar-refractivity contribution in [3.8, 4) is 0 Å². The summed E-state index contributed by atoms with van der Waals surface area (Å²) in [5, 5.41) is 21.5. The summed E-state index contributed by atoms with van der Waals surface area (Å²) < 4.78 is 4.96. The smallest absolute Gasteiger partial charge is 0.270 e. The monoisotopic (exact) mass is 723 g/mol. The van der Waals surface area contributed by atoms with Gasteiger partial charge in [-0.05, 0) is 62.4 Å². The molecular formula is C40H45N5O6S. The van der Waals surface area contributed by atoms with Crippen molar-refractivity contribution < 1.29 is 29.0 Å². The fraction of sp³-hybridized carbons (Fsp3) is 0.375. The second-order valence-electron chi connectivity index (χ2n) is 13.9. The molecule has 12 heteroatoms. The standard InChI is InChI=1S/C40H45N5O6S/c1-25-11-7-8-15-28(25)22-41-38(49)35-40(2,3)52-24-45(35)39(50)34(46)32(21-26-12-5-4-6-13-26)43-37(48)33(29-19-20-51-23-29)44-36(47)31-18-17-27-14-9-10-16-30(27)42-31/h4-18,29,32-35,46H,19-24H2,1-3H3,(H,41,49)(H,43,48)(H,44,47)/t29-,32+,33+,34+,35-/m1/s1. The summed E-state index contributed by atoms with van der Waals surface area (Å²) in [4.78, 5) is 61.5. The van der Waals surface area contributed by atoms with E-state index in [4.69, 9.17) is 4.74 Å². The van der Waals surface area contributed by atoms with Gasteiger partial charge < -0.3 is 30.7 Å². The Morgan fingerprint density at radius 2 is 1.69 bits per heavy atom. The van der Waals surface area contributed by atoms with E-state index in [2.05, 4.69) is 20.9 Å². The van der Waals surface area contributed by atoms with Crippen molar-refractivity contribution in [1.82, 2.24) is 25.8 Å². The van der Waals surface area contributed by atoms with Crippen molar-refractivity contribution in [2.45, 2.75) is 69.1 Å². The van der Waals surface area contributed by atoms with E-state index >= 15 is 0 Å². The number of carbonyl (C=O) groups is 4. The zero-order valence-electron chi connectivity index (χ0n) is 29.6. The van der Waals surface area contributed by atoms with Gasteiger partial charge in [0.15, 0.2) is 6.10 Å². The lowest BCUT2D eigenvalue weighted by Crippen LogP contribution is -2.60. The number of nitrogens with zero attached hydrogens (tertiary/aromatic N) is 2. The number of aromatic nitrogens is 1. The Balaban J connectivity index is 1.22. The van der Waals surface area contributed by atoms with Crippen molar-refractivity contribution in [3.05, 3.63) is 113 Å². The summed E-state index contributed by atoms with van der Waals surface area (Å²) in [6.07, 6.45) is -1.03. The molecule has 0 radical (unpaired) electrons. The van der Waals surface area contributed by atoms with Crippen LogP contribution in [-0.4, -0.2) is 86.7 Å². The minimum Gasteiger partial charge on any atom is -0.381 e. The number of carbonyl (C=O) groups excluding carboxylic acids is 4. The number of para-hydroxylation sites is 1. The van der Waals surface area contributed by atoms with Gasteiger partial charge in [0.25, 0.3) is 11.8 Å². The van der Waals surface area contributed by atoms with Crippen LogP contribution in [0.1, 0.15) is 47.4 Å². The molecule has 52 heavy (non-hydrogen) atoms. The first-order chi connectivity index (χ1) is 25.0. The second-order valence-corrected chi connectivity index (χ2v) is 15.5. The van der Waals surface area contributed by atoms with Gasteiger partial charge in [0.2, 0.25) is 11.8 Å². The molecule has 2 aliphatic heterocycles. The van der Waals surface area contributed by atoms with Crippen molar-refractivity contribution in [2.75, 3.05) is 19.1 Å². The maximum absolute atomic E-state index is 14.2. The van der Waals surface area contributed by atoms with E-state index in [1.807, 2.05) is 99.6 Å². The van der Waals surface area contributed by atoms with Crippen LogP contribution in [0.5, 0.6) is 0 Å². The van der Waals surface area contributed by atoms with Gasteiger partial charge in [0.05, 0.1) is 24.0 Å². The number of nitrogens with one attached hydrogen (secondary N) is 3. The van der Waals surface area contributed by atoms with Gasteiger partial charge in [0, 0.05) is 29.2 Å². The topological polar surface area (TPSA) is 150 Å². The number of aryl methyl sites for hydroxylation is 1. The van der Waals surface area contributed by atoms with E-state index in [1.54, 1.807) is 12.1 Å². The second kappa shape index (κ2) is 16.3. The molecule has 2 fully saturated rings. The molecule has 3 heterocycles. The third-order valence-electron chi connectivity index (χ3n) is 9.89. The number of aliphatic hydroxyl groups excluding tert-OH is 1. The van der Waals surface area contributed by atoms with Gasteiger partial charge in [0.1, 0.15) is 17.8 Å². The van der Waals surface area contributed by atoms with Crippen molar-refractivity contribution in [1.29, 1.82) is 0 Å². The average Bonchev–Trinajstić information content (AvgIpc) is 3.80. The Morgan fingerprint density at radius 1 is 0.962 bits per heavy atom. The quantitative estimate of drug-likeness (QED) is 0.173. The van der Waals surface area contributed by atoms with Crippen LogP contribution in [0.2, 0.25) is 0 Å². The van der Waals surface area contributed by atoms with Gasteiger partial charge in [-0.25, -0.2) is 4.98 Å². The molecule has 4 amide bonds. The lowest BCUT2D eigenvalue weighted by atomic mass is 9.94. The first kappa shape index (κ1) is 37.0. The summed E-state index contributed by atoms with van der Waals surface area (Å²) in [6.45, 7) is 6.77. The number of amides is 4. The molecule has 11 nitrogen and oxygen atoms in total. The zero-order chi connectivity index (χ0) is 36.8. The van der Waals surface area contributed by atoms with E-state index in [1.165, 1.54) is 16.7 Å². The summed E-state index contributed by atoms with van der Waals surface area (Å²) in [6, 6.07) is 24.9. The van der Waals surface area contributed by atoms with Crippen LogP contribution in [0.4, 0.5) is 0 Å². The number of ether oxygens (including phenoxy) is 1. The molecule has 0 aliphatic carbocycles. The number of rotatable bonds is 12. The Labute approximate surface area is 307 Å². The van der Waals surface area contributed by atoms with Crippen molar-refractivity contribution >= 4 is 46.3 Å².